The molecule has 0 aliphatic carbocycles. The van der Waals surface area contributed by atoms with E-state index < -0.39 is 5.97 Å². The molecule has 0 radical (unpaired) electrons. The van der Waals surface area contributed by atoms with Crippen LogP contribution in [-0.4, -0.2) is 38.8 Å². The van der Waals surface area contributed by atoms with Crippen molar-refractivity contribution >= 4 is 46.3 Å². The van der Waals surface area contributed by atoms with Crippen LogP contribution in [0.3, 0.4) is 0 Å². The zero-order valence-corrected chi connectivity index (χ0v) is 24.5. The monoisotopic (exact) mass is 585 g/mol. The predicted octanol–water partition coefficient (Wildman–Crippen LogP) is 6.88. The summed E-state index contributed by atoms with van der Waals surface area (Å²) < 4.78 is 2.02. The first-order chi connectivity index (χ1) is 19.8. The second kappa shape index (κ2) is 11.2. The molecular weight excluding hydrogens is 554 g/mol. The average molecular weight is 586 g/mol. The Morgan fingerprint density at radius 3 is 2.51 bits per heavy atom. The van der Waals surface area contributed by atoms with Gasteiger partial charge in [0.2, 0.25) is 0 Å². The Morgan fingerprint density at radius 1 is 1.00 bits per heavy atom. The highest BCUT2D eigenvalue weighted by atomic mass is 35.5. The third-order valence-electron chi connectivity index (χ3n) is 7.97. The highest BCUT2D eigenvalue weighted by Crippen LogP contribution is 2.44. The number of nitrogens with one attached hydrogen (secondary N) is 1. The smallest absolute Gasteiger partial charge is 0.335 e. The summed E-state index contributed by atoms with van der Waals surface area (Å²) in [7, 11) is 0. The minimum Gasteiger partial charge on any atom is -0.478 e. The van der Waals surface area contributed by atoms with Gasteiger partial charge < -0.3 is 24.8 Å². The van der Waals surface area contributed by atoms with E-state index in [0.29, 0.717) is 22.0 Å². The topological polar surface area (TPSA) is 73.6 Å². The summed E-state index contributed by atoms with van der Waals surface area (Å²) in [5, 5.41) is 14.4. The summed E-state index contributed by atoms with van der Waals surface area (Å²) in [5.41, 5.74) is 4.69. The summed E-state index contributed by atoms with van der Waals surface area (Å²) in [6.07, 6.45) is 4.95. The highest BCUT2D eigenvalue weighted by Gasteiger charge is 2.42. The quantitative estimate of drug-likeness (QED) is 0.239. The normalized spacial score (nSPS) is 22.6. The van der Waals surface area contributed by atoms with Crippen molar-refractivity contribution in [2.75, 3.05) is 22.9 Å². The fourth-order valence-corrected chi connectivity index (χ4v) is 6.99. The Kier molecular flexibility index (Phi) is 7.45. The number of piperidine rings is 1. The van der Waals surface area contributed by atoms with Crippen molar-refractivity contribution in [3.63, 3.8) is 0 Å². The molecule has 2 aromatic carbocycles. The Labute approximate surface area is 250 Å². The van der Waals surface area contributed by atoms with E-state index >= 15 is 0 Å². The number of aromatic nitrogens is 2. The standard InChI is InChI=1S/C32H32ClN5O2S/c1-20-15-21(2)19-36(18-20)27-12-11-24(17-25(27)33)38-30(29(35-32(38)41)26-9-3-4-13-34-26)28-10-6-14-37(28)23-8-5-7-22(16-23)31(39)40/h3-14,16-17,20-21,29-30H,15,18-19H2,1-2H3,(H,35,41)(H,39,40)/t20-,21+,29-,30+/m1/s1. The van der Waals surface area contributed by atoms with Crippen LogP contribution >= 0.6 is 23.8 Å². The number of halogens is 1. The molecule has 210 valence electrons. The summed E-state index contributed by atoms with van der Waals surface area (Å²) in [5.74, 6) is 0.256. The number of rotatable bonds is 6. The van der Waals surface area contributed by atoms with Gasteiger partial charge in [0.1, 0.15) is 6.04 Å². The zero-order valence-electron chi connectivity index (χ0n) is 22.9. The molecule has 4 atom stereocenters. The summed E-state index contributed by atoms with van der Waals surface area (Å²) in [6, 6.07) is 22.5. The van der Waals surface area contributed by atoms with Gasteiger partial charge in [-0.05, 0) is 91.1 Å². The Hall–Kier alpha value is -3.88. The number of aromatic carboxylic acids is 1. The Bertz CT molecular complexity index is 1580. The third kappa shape index (κ3) is 5.29. The maximum Gasteiger partial charge on any atom is 0.335 e. The molecule has 6 rings (SSSR count). The van der Waals surface area contributed by atoms with Crippen molar-refractivity contribution in [1.82, 2.24) is 14.9 Å². The molecule has 0 saturated carbocycles. The minimum atomic E-state index is -0.968. The van der Waals surface area contributed by atoms with Gasteiger partial charge in [-0.3, -0.25) is 4.98 Å². The molecule has 7 nitrogen and oxygen atoms in total. The van der Waals surface area contributed by atoms with Crippen LogP contribution in [-0.2, 0) is 0 Å². The molecule has 2 saturated heterocycles. The molecule has 2 fully saturated rings. The first-order valence-electron chi connectivity index (χ1n) is 13.9. The number of anilines is 2. The van der Waals surface area contributed by atoms with E-state index in [0.717, 1.165) is 41.5 Å². The predicted molar refractivity (Wildman–Crippen MR) is 167 cm³/mol. The number of hydrogen-bond donors (Lipinski definition) is 2. The van der Waals surface area contributed by atoms with Crippen molar-refractivity contribution in [3.05, 3.63) is 107 Å². The molecule has 4 aromatic rings. The molecule has 2 aliphatic rings. The molecule has 41 heavy (non-hydrogen) atoms. The van der Waals surface area contributed by atoms with Crippen molar-refractivity contribution in [2.45, 2.75) is 32.4 Å². The maximum atomic E-state index is 11.7. The van der Waals surface area contributed by atoms with Crippen LogP contribution in [0, 0.1) is 11.8 Å². The van der Waals surface area contributed by atoms with Crippen molar-refractivity contribution in [3.8, 4) is 5.69 Å². The summed E-state index contributed by atoms with van der Waals surface area (Å²) >= 11 is 12.9. The first kappa shape index (κ1) is 27.3. The van der Waals surface area contributed by atoms with E-state index in [4.69, 9.17) is 23.8 Å². The molecule has 0 amide bonds. The molecule has 0 spiro atoms. The number of thiocarbonyl (C=S) groups is 1. The summed E-state index contributed by atoms with van der Waals surface area (Å²) in [6.45, 7) is 6.56. The lowest BCUT2D eigenvalue weighted by molar-refractivity contribution is 0.0697. The van der Waals surface area contributed by atoms with Crippen molar-refractivity contribution < 1.29 is 9.90 Å². The maximum absolute atomic E-state index is 11.7. The third-order valence-corrected chi connectivity index (χ3v) is 8.59. The SMILES string of the molecule is C[C@@H]1C[C@H](C)CN(c2ccc(N3C(=S)N[C@H](c4ccccn4)[C@@H]3c3cccn3-c3cccc(C(=O)O)c3)cc2Cl)C1. The Balaban J connectivity index is 1.43. The molecule has 0 unspecified atom stereocenters. The van der Waals surface area contributed by atoms with Gasteiger partial charge in [-0.15, -0.1) is 0 Å². The van der Waals surface area contributed by atoms with Crippen LogP contribution in [0.15, 0.2) is 85.2 Å². The van der Waals surface area contributed by atoms with E-state index in [1.165, 1.54) is 6.42 Å². The van der Waals surface area contributed by atoms with E-state index in [1.54, 1.807) is 24.4 Å². The molecule has 4 heterocycles. The second-order valence-corrected chi connectivity index (χ2v) is 11.9. The fraction of sp³-hybridized carbons (Fsp3) is 0.281. The molecule has 2 N–H and O–H groups in total. The lowest BCUT2D eigenvalue weighted by atomic mass is 9.91. The van der Waals surface area contributed by atoms with Crippen LogP contribution in [0.1, 0.15) is 54.1 Å². The molecular formula is C32H32ClN5O2S. The minimum absolute atomic E-state index is 0.226. The number of carbonyl (C=O) groups is 1. The largest absolute Gasteiger partial charge is 0.478 e. The van der Waals surface area contributed by atoms with Gasteiger partial charge in [0.25, 0.3) is 0 Å². The van der Waals surface area contributed by atoms with Crippen molar-refractivity contribution in [1.29, 1.82) is 0 Å². The van der Waals surface area contributed by atoms with Gasteiger partial charge in [0.05, 0.1) is 28.0 Å². The van der Waals surface area contributed by atoms with E-state index in [2.05, 4.69) is 46.1 Å². The molecule has 0 bridgehead atoms. The first-order valence-corrected chi connectivity index (χ1v) is 14.6. The van der Waals surface area contributed by atoms with Gasteiger partial charge in [-0.2, -0.15) is 0 Å². The van der Waals surface area contributed by atoms with Gasteiger partial charge in [-0.1, -0.05) is 37.6 Å². The average Bonchev–Trinajstić information content (AvgIpc) is 3.57. The van der Waals surface area contributed by atoms with Crippen LogP contribution < -0.4 is 15.1 Å². The number of carboxylic acid groups (broad SMARTS) is 1. The second-order valence-electron chi connectivity index (χ2n) is 11.1. The lowest BCUT2D eigenvalue weighted by Crippen LogP contribution is -2.38. The molecule has 2 aromatic heterocycles. The van der Waals surface area contributed by atoms with Crippen molar-refractivity contribution in [2.24, 2.45) is 11.8 Å². The zero-order chi connectivity index (χ0) is 28.7. The van der Waals surface area contributed by atoms with Crippen LogP contribution in [0.4, 0.5) is 11.4 Å². The van der Waals surface area contributed by atoms with Crippen LogP contribution in [0.2, 0.25) is 5.02 Å². The number of carboxylic acids is 1. The summed E-state index contributed by atoms with van der Waals surface area (Å²) in [4.78, 5) is 20.9. The fourth-order valence-electron chi connectivity index (χ4n) is 6.35. The highest BCUT2D eigenvalue weighted by molar-refractivity contribution is 7.80. The van der Waals surface area contributed by atoms with Crippen LogP contribution in [0.5, 0.6) is 0 Å². The Morgan fingerprint density at radius 2 is 1.80 bits per heavy atom. The van der Waals surface area contributed by atoms with Crippen LogP contribution in [0.25, 0.3) is 5.69 Å². The van der Waals surface area contributed by atoms with Gasteiger partial charge in [0.15, 0.2) is 5.11 Å². The molecule has 9 heteroatoms. The van der Waals surface area contributed by atoms with E-state index in [-0.39, 0.29) is 17.6 Å². The number of hydrogen-bond acceptors (Lipinski definition) is 4. The molecule has 2 aliphatic heterocycles. The van der Waals surface area contributed by atoms with Gasteiger partial charge in [0, 0.05) is 42.6 Å². The van der Waals surface area contributed by atoms with Gasteiger partial charge in [-0.25, -0.2) is 4.79 Å². The number of pyridine rings is 1. The number of benzene rings is 2. The lowest BCUT2D eigenvalue weighted by Gasteiger charge is -2.37. The van der Waals surface area contributed by atoms with E-state index in [9.17, 15) is 9.90 Å². The number of nitrogens with zero attached hydrogens (tertiary/aromatic N) is 4. The van der Waals surface area contributed by atoms with E-state index in [1.807, 2.05) is 53.2 Å². The van der Waals surface area contributed by atoms with Gasteiger partial charge >= 0.3 is 5.97 Å².